The molecule has 3 atom stereocenters. The number of carbonyl (C=O) groups excluding carboxylic acids is 1. The van der Waals surface area contributed by atoms with Gasteiger partial charge in [0.15, 0.2) is 0 Å². The van der Waals surface area contributed by atoms with Crippen molar-refractivity contribution in [2.75, 3.05) is 16.8 Å². The van der Waals surface area contributed by atoms with E-state index in [9.17, 15) is 18.7 Å². The number of aliphatic hydroxyl groups excluding tert-OH is 1. The first-order valence-electron chi connectivity index (χ1n) is 9.00. The van der Waals surface area contributed by atoms with Gasteiger partial charge >= 0.3 is 10.2 Å². The van der Waals surface area contributed by atoms with Crippen molar-refractivity contribution in [1.82, 2.24) is 9.97 Å². The molecule has 1 aromatic heterocycles. The third-order valence-electron chi connectivity index (χ3n) is 4.44. The van der Waals surface area contributed by atoms with E-state index in [-0.39, 0.29) is 30.2 Å². The zero-order valence-electron chi connectivity index (χ0n) is 16.3. The molecule has 2 heterocycles. The fourth-order valence-electron chi connectivity index (χ4n) is 2.89. The van der Waals surface area contributed by atoms with Crippen molar-refractivity contribution in [2.45, 2.75) is 36.2 Å². The molecule has 8 nitrogen and oxygen atoms in total. The van der Waals surface area contributed by atoms with Gasteiger partial charge in [-0.1, -0.05) is 16.6 Å². The average Bonchev–Trinajstić information content (AvgIpc) is 3.10. The van der Waals surface area contributed by atoms with E-state index in [1.165, 1.54) is 29.3 Å². The van der Waals surface area contributed by atoms with Crippen LogP contribution in [0, 0.1) is 0 Å². The Balaban J connectivity index is 1.77. The summed E-state index contributed by atoms with van der Waals surface area (Å²) >= 11 is -1.65. The number of aliphatic hydroxyl groups is 1. The number of nitrogens with one attached hydrogen (secondary N) is 1. The summed E-state index contributed by atoms with van der Waals surface area (Å²) in [5.41, 5.74) is 0.682. The Hall–Kier alpha value is -2.41. The quantitative estimate of drug-likeness (QED) is 0.394. The summed E-state index contributed by atoms with van der Waals surface area (Å²) in [6.45, 7) is 3.44. The molecule has 2 N–H and O–H groups in total. The number of cyclic esters (lactones) is 1. The van der Waals surface area contributed by atoms with Gasteiger partial charge < -0.3 is 19.9 Å². The monoisotopic (exact) mass is 534 g/mol. The van der Waals surface area contributed by atoms with E-state index < -0.39 is 43.1 Å². The highest BCUT2D eigenvalue weighted by atomic mass is 127. The summed E-state index contributed by atoms with van der Waals surface area (Å²) in [6.07, 6.45) is 0.0704. The second kappa shape index (κ2) is 9.16. The summed E-state index contributed by atoms with van der Waals surface area (Å²) in [5, 5.41) is 13.0. The zero-order valence-corrected chi connectivity index (χ0v) is 18.4. The zero-order chi connectivity index (χ0) is 21.9. The van der Waals surface area contributed by atoms with Crippen LogP contribution in [0.1, 0.15) is 25.5 Å². The van der Waals surface area contributed by atoms with Gasteiger partial charge in [-0.2, -0.15) is 13.8 Å². The van der Waals surface area contributed by atoms with E-state index in [1.54, 1.807) is 19.1 Å². The molecule has 30 heavy (non-hydrogen) atoms. The molecule has 11 heteroatoms. The lowest BCUT2D eigenvalue weighted by molar-refractivity contribution is -0.0693. The molecule has 1 fully saturated rings. The Bertz CT molecular complexity index is 931. The Kier molecular flexibility index (Phi) is 6.81. The summed E-state index contributed by atoms with van der Waals surface area (Å²) in [6, 6.07) is 6.98. The molecule has 1 saturated heterocycles. The molecule has 1 aromatic carbocycles. The highest BCUT2D eigenvalue weighted by Gasteiger charge is 2.38. The van der Waals surface area contributed by atoms with Gasteiger partial charge in [-0.3, -0.25) is 4.90 Å². The van der Waals surface area contributed by atoms with Gasteiger partial charge in [-0.25, -0.2) is 9.78 Å². The van der Waals surface area contributed by atoms with Crippen LogP contribution in [0.4, 0.5) is 25.3 Å². The number of nitrogens with zero attached hydrogens (tertiary/aromatic N) is 3. The van der Waals surface area contributed by atoms with E-state index in [0.29, 0.717) is 5.56 Å². The van der Waals surface area contributed by atoms with Crippen molar-refractivity contribution in [3.63, 3.8) is 0 Å². The summed E-state index contributed by atoms with van der Waals surface area (Å²) in [5.74, 6) is 0.553. The number of carbonyl (C=O) groups is 1. The highest BCUT2D eigenvalue weighted by molar-refractivity contribution is 14.2. The lowest BCUT2D eigenvalue weighted by Crippen LogP contribution is -2.41. The van der Waals surface area contributed by atoms with Crippen molar-refractivity contribution in [3.05, 3.63) is 42.1 Å². The Morgan fingerprint density at radius 2 is 2.20 bits per heavy atom. The number of aromatic nitrogens is 2. The first-order chi connectivity index (χ1) is 14.2. The number of alkyl halides is 3. The van der Waals surface area contributed by atoms with Crippen molar-refractivity contribution in [1.29, 1.82) is 0 Å². The van der Waals surface area contributed by atoms with Crippen LogP contribution in [-0.2, 0) is 4.74 Å². The fraction of sp³-hybridized carbons (Fsp3) is 0.368. The van der Waals surface area contributed by atoms with Crippen LogP contribution in [-0.4, -0.2) is 48.6 Å². The van der Waals surface area contributed by atoms with Crippen LogP contribution in [0.2, 0.25) is 0 Å². The van der Waals surface area contributed by atoms with Crippen LogP contribution < -0.4 is 15.0 Å². The Morgan fingerprint density at radius 1 is 1.43 bits per heavy atom. The minimum Gasteiger partial charge on any atom is -0.447 e. The van der Waals surface area contributed by atoms with E-state index in [0.717, 1.165) is 0 Å². The van der Waals surface area contributed by atoms with Gasteiger partial charge in [0.2, 0.25) is 5.95 Å². The maximum Gasteiger partial charge on any atom is 0.445 e. The number of benzene rings is 1. The molecule has 0 bridgehead atoms. The molecule has 0 saturated carbocycles. The number of amides is 1. The van der Waals surface area contributed by atoms with Crippen molar-refractivity contribution in [2.24, 2.45) is 0 Å². The molecular formula is C19H21F2IN4O4. The predicted molar refractivity (Wildman–Crippen MR) is 117 cm³/mol. The molecule has 1 aliphatic rings. The van der Waals surface area contributed by atoms with Crippen molar-refractivity contribution in [3.8, 4) is 5.75 Å². The smallest absolute Gasteiger partial charge is 0.445 e. The molecular weight excluding hydrogens is 513 g/mol. The van der Waals surface area contributed by atoms with E-state index >= 15 is 0 Å². The first kappa shape index (κ1) is 22.3. The molecule has 0 unspecified atom stereocenters. The van der Waals surface area contributed by atoms with Gasteiger partial charge in [0, 0.05) is 26.9 Å². The number of rotatable bonds is 8. The standard InChI is InChI=1S/C19H21F2IN4O4/c1-11(13-5-4-6-14(9-13)30-19(20,21)22-3)24-17-23-8-7-16(25-17)26-15(12(2)27)10-29-18(26)28/h4-9,11-12,15,27H,3,10H2,1-2H3,(H,23,24,25)/t11-,12+,15+/m0/s1. The number of hydrogen-bond acceptors (Lipinski definition) is 7. The topological polar surface area (TPSA) is 96.8 Å². The summed E-state index contributed by atoms with van der Waals surface area (Å²) in [7, 11) is 0. The van der Waals surface area contributed by atoms with Crippen molar-refractivity contribution >= 4 is 43.1 Å². The second-order valence-corrected chi connectivity index (χ2v) is 8.63. The van der Waals surface area contributed by atoms with Crippen LogP contribution in [0.25, 0.3) is 0 Å². The van der Waals surface area contributed by atoms with E-state index in [1.807, 2.05) is 6.92 Å². The Morgan fingerprint density at radius 3 is 2.90 bits per heavy atom. The van der Waals surface area contributed by atoms with Crippen LogP contribution in [0.15, 0.2) is 36.5 Å². The van der Waals surface area contributed by atoms with Gasteiger partial charge in [0.05, 0.1) is 12.1 Å². The fourth-order valence-corrected chi connectivity index (χ4v) is 3.30. The highest BCUT2D eigenvalue weighted by Crippen LogP contribution is 2.32. The average molecular weight is 534 g/mol. The number of hydrogen-bond donors (Lipinski definition) is 2. The first-order valence-corrected chi connectivity index (χ1v) is 11.6. The minimum absolute atomic E-state index is 0.0451. The lowest BCUT2D eigenvalue weighted by Gasteiger charge is -2.23. The predicted octanol–water partition coefficient (Wildman–Crippen LogP) is 3.69. The largest absolute Gasteiger partial charge is 0.447 e. The number of ether oxygens (including phenoxy) is 2. The van der Waals surface area contributed by atoms with E-state index in [2.05, 4.69) is 19.8 Å². The molecule has 3 rings (SSSR count). The molecule has 2 aromatic rings. The molecule has 162 valence electrons. The normalized spacial score (nSPS) is 18.6. The molecule has 1 amide bonds. The molecule has 0 spiro atoms. The Labute approximate surface area is 182 Å². The second-order valence-electron chi connectivity index (χ2n) is 6.61. The van der Waals surface area contributed by atoms with Crippen molar-refractivity contribution < 1.29 is 28.2 Å². The number of anilines is 2. The lowest BCUT2D eigenvalue weighted by atomic mass is 10.1. The third-order valence-corrected chi connectivity index (χ3v) is 5.55. The molecule has 0 radical (unpaired) electrons. The van der Waals surface area contributed by atoms with Gasteiger partial charge in [-0.15, -0.1) is 0 Å². The van der Waals surface area contributed by atoms with E-state index in [4.69, 9.17) is 9.47 Å². The minimum atomic E-state index is -3.24. The maximum absolute atomic E-state index is 13.5. The molecule has 0 aliphatic carbocycles. The van der Waals surface area contributed by atoms with Crippen LogP contribution in [0.5, 0.6) is 5.75 Å². The summed E-state index contributed by atoms with van der Waals surface area (Å²) < 4.78 is 36.8. The van der Waals surface area contributed by atoms with Crippen LogP contribution in [0.3, 0.4) is 0 Å². The third kappa shape index (κ3) is 5.19. The van der Waals surface area contributed by atoms with Gasteiger partial charge in [0.1, 0.15) is 24.2 Å². The maximum atomic E-state index is 13.5. The number of halogens is 3. The summed E-state index contributed by atoms with van der Waals surface area (Å²) in [4.78, 5) is 21.8. The van der Waals surface area contributed by atoms with Gasteiger partial charge in [0.25, 0.3) is 0 Å². The van der Waals surface area contributed by atoms with Crippen LogP contribution >= 0.6 is 20.7 Å². The van der Waals surface area contributed by atoms with Gasteiger partial charge in [-0.05, 0) is 37.6 Å². The SMILES string of the molecule is C=IC(F)(F)Oc1cccc([C@H](C)Nc2nccc(N3C(=O)OC[C@@H]3[C@@H](C)O)n2)c1. The molecule has 1 aliphatic heterocycles.